The summed E-state index contributed by atoms with van der Waals surface area (Å²) < 4.78 is 27.9. The highest BCUT2D eigenvalue weighted by molar-refractivity contribution is 7.90. The summed E-state index contributed by atoms with van der Waals surface area (Å²) >= 11 is 6.03. The van der Waals surface area contributed by atoms with E-state index in [0.29, 0.717) is 17.2 Å². The largest absolute Gasteiger partial charge is 0.487 e. The van der Waals surface area contributed by atoms with Crippen LogP contribution in [0.4, 0.5) is 0 Å². The van der Waals surface area contributed by atoms with Crippen molar-refractivity contribution in [2.45, 2.75) is 31.9 Å². The number of nitrogens with two attached hydrogens (primary N) is 1. The molecule has 6 nitrogen and oxygen atoms in total. The predicted octanol–water partition coefficient (Wildman–Crippen LogP) is 1.38. The molecule has 0 spiro atoms. The lowest BCUT2D eigenvalue weighted by Crippen LogP contribution is -2.45. The fourth-order valence-corrected chi connectivity index (χ4v) is 2.67. The molecule has 0 aliphatic carbocycles. The molecule has 130 valence electrons. The van der Waals surface area contributed by atoms with Gasteiger partial charge in [0.1, 0.15) is 21.7 Å². The van der Waals surface area contributed by atoms with Crippen molar-refractivity contribution in [1.29, 1.82) is 0 Å². The van der Waals surface area contributed by atoms with Crippen molar-refractivity contribution >= 4 is 27.3 Å². The Morgan fingerprint density at radius 3 is 2.61 bits per heavy atom. The molecule has 23 heavy (non-hydrogen) atoms. The molecule has 1 rings (SSSR count). The lowest BCUT2D eigenvalue weighted by molar-refractivity contribution is -0.122. The molecule has 1 aromatic carbocycles. The molecule has 8 heteroatoms. The van der Waals surface area contributed by atoms with Crippen LogP contribution in [0.1, 0.15) is 19.8 Å². The van der Waals surface area contributed by atoms with Crippen LogP contribution in [-0.4, -0.2) is 45.0 Å². The van der Waals surface area contributed by atoms with E-state index in [1.54, 1.807) is 18.2 Å². The van der Waals surface area contributed by atoms with Gasteiger partial charge < -0.3 is 15.8 Å². The highest BCUT2D eigenvalue weighted by atomic mass is 35.5. The Hall–Kier alpha value is -1.31. The number of sulfone groups is 1. The molecule has 3 N–H and O–H groups in total. The van der Waals surface area contributed by atoms with E-state index < -0.39 is 21.8 Å². The molecule has 0 saturated carbocycles. The van der Waals surface area contributed by atoms with Gasteiger partial charge in [-0.05, 0) is 25.0 Å². The maximum Gasteiger partial charge on any atom is 0.237 e. The number of ether oxygens (including phenoxy) is 1. The van der Waals surface area contributed by atoms with Crippen molar-refractivity contribution < 1.29 is 17.9 Å². The van der Waals surface area contributed by atoms with E-state index in [2.05, 4.69) is 5.32 Å². The van der Waals surface area contributed by atoms with Crippen molar-refractivity contribution in [2.75, 3.05) is 18.6 Å². The van der Waals surface area contributed by atoms with E-state index in [9.17, 15) is 13.2 Å². The van der Waals surface area contributed by atoms with Crippen molar-refractivity contribution in [1.82, 2.24) is 5.32 Å². The summed E-state index contributed by atoms with van der Waals surface area (Å²) in [5, 5.41) is 3.18. The zero-order valence-corrected chi connectivity index (χ0v) is 14.9. The third-order valence-corrected chi connectivity index (χ3v) is 4.52. The average Bonchev–Trinajstić information content (AvgIpc) is 2.49. The summed E-state index contributed by atoms with van der Waals surface area (Å²) in [5.74, 6) is 0.0426. The number of carbonyl (C=O) groups excluding carboxylic acids is 1. The highest BCUT2D eigenvalue weighted by Crippen LogP contribution is 2.24. The second kappa shape index (κ2) is 9.10. The van der Waals surface area contributed by atoms with E-state index in [1.807, 2.05) is 13.0 Å². The van der Waals surface area contributed by atoms with Crippen LogP contribution < -0.4 is 15.8 Å². The van der Waals surface area contributed by atoms with E-state index in [0.717, 1.165) is 6.26 Å². The average molecular weight is 363 g/mol. The summed E-state index contributed by atoms with van der Waals surface area (Å²) in [4.78, 5) is 11.9. The van der Waals surface area contributed by atoms with Gasteiger partial charge in [-0.3, -0.25) is 4.79 Å². The Bertz CT molecular complexity index is 622. The van der Waals surface area contributed by atoms with Gasteiger partial charge in [0.15, 0.2) is 0 Å². The third kappa shape index (κ3) is 7.67. The van der Waals surface area contributed by atoms with Crippen molar-refractivity contribution in [3.8, 4) is 5.75 Å². The number of hydrogen-bond acceptors (Lipinski definition) is 5. The Balaban J connectivity index is 2.47. The van der Waals surface area contributed by atoms with Crippen LogP contribution in [0.25, 0.3) is 0 Å². The predicted molar refractivity (Wildman–Crippen MR) is 91.5 cm³/mol. The Morgan fingerprint density at radius 2 is 2.04 bits per heavy atom. The summed E-state index contributed by atoms with van der Waals surface area (Å²) in [6.45, 7) is 2.20. The monoisotopic (exact) mass is 362 g/mol. The number of amides is 1. The van der Waals surface area contributed by atoms with E-state index >= 15 is 0 Å². The first-order valence-electron chi connectivity index (χ1n) is 7.35. The summed E-state index contributed by atoms with van der Waals surface area (Å²) in [6.07, 6.45) is 1.62. The molecule has 0 heterocycles. The second-order valence-electron chi connectivity index (χ2n) is 5.35. The van der Waals surface area contributed by atoms with Gasteiger partial charge in [-0.1, -0.05) is 30.7 Å². The third-order valence-electron chi connectivity index (χ3n) is 3.23. The maximum atomic E-state index is 11.9. The lowest BCUT2D eigenvalue weighted by atomic mass is 10.2. The molecular formula is C15H23ClN2O4S. The number of para-hydroxylation sites is 1. The minimum absolute atomic E-state index is 0.0901. The van der Waals surface area contributed by atoms with Gasteiger partial charge in [-0.15, -0.1) is 0 Å². The Kier molecular flexibility index (Phi) is 7.81. The standard InChI is InChI=1S/C15H23ClN2O4S/c1-3-11(22-14-7-5-4-6-12(14)16)10-18-15(19)13(17)8-9-23(2,20)21/h4-7,11,13H,3,8-10,17H2,1-2H3,(H,18,19). The van der Waals surface area contributed by atoms with Crippen molar-refractivity contribution in [2.24, 2.45) is 5.73 Å². The molecule has 2 unspecified atom stereocenters. The quantitative estimate of drug-likeness (QED) is 0.691. The first-order chi connectivity index (χ1) is 10.7. The zero-order valence-electron chi connectivity index (χ0n) is 13.3. The molecule has 1 aromatic rings. The smallest absolute Gasteiger partial charge is 0.237 e. The van der Waals surface area contributed by atoms with Crippen molar-refractivity contribution in [3.05, 3.63) is 29.3 Å². The summed E-state index contributed by atoms with van der Waals surface area (Å²) in [5.41, 5.74) is 5.69. The van der Waals surface area contributed by atoms with Gasteiger partial charge in [-0.2, -0.15) is 0 Å². The summed E-state index contributed by atoms with van der Waals surface area (Å²) in [6, 6.07) is 6.24. The van der Waals surface area contributed by atoms with Crippen LogP contribution in [0.2, 0.25) is 5.02 Å². The minimum atomic E-state index is -3.13. The maximum absolute atomic E-state index is 11.9. The lowest BCUT2D eigenvalue weighted by Gasteiger charge is -2.20. The fourth-order valence-electron chi connectivity index (χ4n) is 1.81. The van der Waals surface area contributed by atoms with Gasteiger partial charge in [0, 0.05) is 6.26 Å². The Labute approximate surface area is 142 Å². The molecule has 0 bridgehead atoms. The SMILES string of the molecule is CCC(CNC(=O)C(N)CCS(C)(=O)=O)Oc1ccccc1Cl. The van der Waals surface area contributed by atoms with Gasteiger partial charge in [0.05, 0.1) is 23.4 Å². The number of carbonyl (C=O) groups is 1. The molecule has 0 aliphatic heterocycles. The van der Waals surface area contributed by atoms with Crippen LogP contribution >= 0.6 is 11.6 Å². The van der Waals surface area contributed by atoms with Crippen molar-refractivity contribution in [3.63, 3.8) is 0 Å². The Morgan fingerprint density at radius 1 is 1.39 bits per heavy atom. The van der Waals surface area contributed by atoms with Gasteiger partial charge in [-0.25, -0.2) is 8.42 Å². The van der Waals surface area contributed by atoms with Crippen LogP contribution in [-0.2, 0) is 14.6 Å². The molecule has 0 fully saturated rings. The van der Waals surface area contributed by atoms with Gasteiger partial charge in [0.25, 0.3) is 0 Å². The number of nitrogens with one attached hydrogen (secondary N) is 1. The van der Waals surface area contributed by atoms with E-state index in [1.165, 1.54) is 0 Å². The van der Waals surface area contributed by atoms with Gasteiger partial charge >= 0.3 is 0 Å². The zero-order chi connectivity index (χ0) is 17.5. The fraction of sp³-hybridized carbons (Fsp3) is 0.533. The second-order valence-corrected chi connectivity index (χ2v) is 8.02. The molecule has 0 saturated heterocycles. The topological polar surface area (TPSA) is 98.5 Å². The number of halogens is 1. The van der Waals surface area contributed by atoms with Crippen LogP contribution in [0, 0.1) is 0 Å². The molecule has 0 aliphatic rings. The normalized spacial score (nSPS) is 14.1. The van der Waals surface area contributed by atoms with Crippen LogP contribution in [0.3, 0.4) is 0 Å². The van der Waals surface area contributed by atoms with Gasteiger partial charge in [0.2, 0.25) is 5.91 Å². The van der Waals surface area contributed by atoms with Crippen LogP contribution in [0.5, 0.6) is 5.75 Å². The number of hydrogen-bond donors (Lipinski definition) is 2. The molecular weight excluding hydrogens is 340 g/mol. The van der Waals surface area contributed by atoms with E-state index in [-0.39, 0.29) is 24.8 Å². The molecule has 0 radical (unpaired) electrons. The first kappa shape index (κ1) is 19.7. The van der Waals surface area contributed by atoms with Crippen LogP contribution in [0.15, 0.2) is 24.3 Å². The highest BCUT2D eigenvalue weighted by Gasteiger charge is 2.18. The molecule has 1 amide bonds. The summed E-state index contributed by atoms with van der Waals surface area (Å²) in [7, 11) is -3.13. The first-order valence-corrected chi connectivity index (χ1v) is 9.79. The van der Waals surface area contributed by atoms with E-state index in [4.69, 9.17) is 22.1 Å². The number of benzene rings is 1. The minimum Gasteiger partial charge on any atom is -0.487 e. The number of rotatable bonds is 9. The molecule has 2 atom stereocenters. The molecule has 0 aromatic heterocycles.